The van der Waals surface area contributed by atoms with Crippen molar-refractivity contribution >= 4 is 38.7 Å². The van der Waals surface area contributed by atoms with Crippen LogP contribution in [0.1, 0.15) is 61.1 Å². The van der Waals surface area contributed by atoms with E-state index in [2.05, 4.69) is 45.3 Å². The molecule has 6 heteroatoms. The first-order chi connectivity index (χ1) is 17.6. The molecule has 2 N–H and O–H groups in total. The van der Waals surface area contributed by atoms with Crippen molar-refractivity contribution in [1.29, 1.82) is 0 Å². The first-order valence-electron chi connectivity index (χ1n) is 12.5. The minimum absolute atomic E-state index is 0.0543. The molecule has 0 aliphatic rings. The smallest absolute Gasteiger partial charge is 0.306 e. The Morgan fingerprint density at radius 2 is 1.78 bits per heavy atom. The number of halogens is 1. The number of nitrogens with one attached hydrogen (secondary N) is 2. The van der Waals surface area contributed by atoms with E-state index in [9.17, 15) is 9.59 Å². The third-order valence-corrected chi connectivity index (χ3v) is 6.69. The molecule has 4 rings (SSSR count). The van der Waals surface area contributed by atoms with Gasteiger partial charge >= 0.3 is 5.97 Å². The highest BCUT2D eigenvalue weighted by molar-refractivity contribution is 9.10. The van der Waals surface area contributed by atoms with E-state index >= 15 is 0 Å². The molecule has 37 heavy (non-hydrogen) atoms. The van der Waals surface area contributed by atoms with Gasteiger partial charge in [0, 0.05) is 28.0 Å². The molecule has 0 bridgehead atoms. The van der Waals surface area contributed by atoms with Gasteiger partial charge in [-0.15, -0.1) is 0 Å². The van der Waals surface area contributed by atoms with Crippen LogP contribution in [0.25, 0.3) is 10.9 Å². The Morgan fingerprint density at radius 1 is 1.03 bits per heavy atom. The summed E-state index contributed by atoms with van der Waals surface area (Å²) in [5, 5.41) is 4.28. The second kappa shape index (κ2) is 11.3. The van der Waals surface area contributed by atoms with Crippen LogP contribution in [0.2, 0.25) is 0 Å². The summed E-state index contributed by atoms with van der Waals surface area (Å²) in [6, 6.07) is 21.9. The molecule has 1 unspecified atom stereocenters. The predicted octanol–water partition coefficient (Wildman–Crippen LogP) is 6.96. The number of aromatic nitrogens is 1. The standard InChI is InChI=1S/C31H33BrN2O3/c1-20-16-24(32)12-13-25(20)30(22-8-6-5-7-9-22)34-28(35)18-21-10-14-27-26(17-21)23(19-33-27)11-15-29(36)37-31(2,3)4/h5-10,12-14,16-17,19,30,33H,11,15,18H2,1-4H3,(H,34,35). The second-order valence-corrected chi connectivity index (χ2v) is 11.3. The zero-order chi connectivity index (χ0) is 26.6. The molecule has 0 fully saturated rings. The van der Waals surface area contributed by atoms with Crippen molar-refractivity contribution in [1.82, 2.24) is 10.3 Å². The Bertz CT molecular complexity index is 1400. The first-order valence-corrected chi connectivity index (χ1v) is 13.3. The SMILES string of the molecule is Cc1cc(Br)ccc1C(NC(=O)Cc1ccc2[nH]cc(CCC(=O)OC(C)(C)C)c2c1)c1ccccc1. The molecule has 1 heterocycles. The lowest BCUT2D eigenvalue weighted by Crippen LogP contribution is -2.31. The summed E-state index contributed by atoms with van der Waals surface area (Å²) >= 11 is 3.53. The number of carbonyl (C=O) groups is 2. The van der Waals surface area contributed by atoms with Gasteiger partial charge in [0.2, 0.25) is 5.91 Å². The van der Waals surface area contributed by atoms with Gasteiger partial charge in [-0.25, -0.2) is 0 Å². The largest absolute Gasteiger partial charge is 0.460 e. The molecule has 192 valence electrons. The number of hydrogen-bond donors (Lipinski definition) is 2. The van der Waals surface area contributed by atoms with Crippen molar-refractivity contribution in [2.24, 2.45) is 0 Å². The minimum Gasteiger partial charge on any atom is -0.460 e. The fourth-order valence-corrected chi connectivity index (χ4v) is 4.99. The van der Waals surface area contributed by atoms with Gasteiger partial charge in [0.1, 0.15) is 5.60 Å². The van der Waals surface area contributed by atoms with Crippen LogP contribution in [0, 0.1) is 6.92 Å². The molecule has 0 saturated heterocycles. The Labute approximate surface area is 226 Å². The average Bonchev–Trinajstić information content (AvgIpc) is 3.23. The number of carbonyl (C=O) groups excluding carboxylic acids is 2. The number of benzene rings is 3. The molecule has 0 aliphatic heterocycles. The highest BCUT2D eigenvalue weighted by Crippen LogP contribution is 2.28. The Kier molecular flexibility index (Phi) is 8.18. The van der Waals surface area contributed by atoms with Crippen LogP contribution >= 0.6 is 15.9 Å². The van der Waals surface area contributed by atoms with E-state index in [-0.39, 0.29) is 24.3 Å². The first kappa shape index (κ1) is 26.7. The van der Waals surface area contributed by atoms with Crippen molar-refractivity contribution in [3.63, 3.8) is 0 Å². The zero-order valence-electron chi connectivity index (χ0n) is 21.7. The predicted molar refractivity (Wildman–Crippen MR) is 151 cm³/mol. The summed E-state index contributed by atoms with van der Waals surface area (Å²) < 4.78 is 6.45. The van der Waals surface area contributed by atoms with Crippen LogP contribution in [-0.4, -0.2) is 22.5 Å². The summed E-state index contributed by atoms with van der Waals surface area (Å²) in [6.07, 6.45) is 3.07. The van der Waals surface area contributed by atoms with E-state index in [1.54, 1.807) is 0 Å². The molecule has 0 spiro atoms. The fourth-order valence-electron chi connectivity index (χ4n) is 4.52. The van der Waals surface area contributed by atoms with E-state index in [1.165, 1.54) is 0 Å². The molecule has 1 amide bonds. The minimum atomic E-state index is -0.496. The summed E-state index contributed by atoms with van der Waals surface area (Å²) in [6.45, 7) is 7.66. The fraction of sp³-hybridized carbons (Fsp3) is 0.290. The highest BCUT2D eigenvalue weighted by Gasteiger charge is 2.20. The molecular weight excluding hydrogens is 528 g/mol. The molecule has 0 aliphatic carbocycles. The molecule has 3 aromatic carbocycles. The highest BCUT2D eigenvalue weighted by atomic mass is 79.9. The van der Waals surface area contributed by atoms with Gasteiger partial charge in [0.25, 0.3) is 0 Å². The van der Waals surface area contributed by atoms with Crippen LogP contribution in [0.5, 0.6) is 0 Å². The number of H-pyrrole nitrogens is 1. The van der Waals surface area contributed by atoms with Crippen LogP contribution in [0.4, 0.5) is 0 Å². The molecule has 1 aromatic heterocycles. The summed E-state index contributed by atoms with van der Waals surface area (Å²) in [4.78, 5) is 28.7. The maximum absolute atomic E-state index is 13.3. The monoisotopic (exact) mass is 560 g/mol. The maximum atomic E-state index is 13.3. The van der Waals surface area contributed by atoms with Gasteiger partial charge in [-0.2, -0.15) is 0 Å². The quantitative estimate of drug-likeness (QED) is 0.229. The number of amides is 1. The van der Waals surface area contributed by atoms with Crippen molar-refractivity contribution in [3.05, 3.63) is 105 Å². The van der Waals surface area contributed by atoms with E-state index in [0.717, 1.165) is 43.2 Å². The number of aryl methyl sites for hydroxylation is 2. The lowest BCUT2D eigenvalue weighted by atomic mass is 9.94. The van der Waals surface area contributed by atoms with Crippen molar-refractivity contribution in [2.75, 3.05) is 0 Å². The molecular formula is C31H33BrN2O3. The summed E-state index contributed by atoms with van der Waals surface area (Å²) in [5.41, 5.74) is 5.64. The second-order valence-electron chi connectivity index (χ2n) is 10.4. The van der Waals surface area contributed by atoms with Crippen LogP contribution in [0.15, 0.2) is 77.4 Å². The Hall–Kier alpha value is -3.38. The summed E-state index contributed by atoms with van der Waals surface area (Å²) in [5.74, 6) is -0.270. The van der Waals surface area contributed by atoms with E-state index in [0.29, 0.717) is 12.8 Å². The van der Waals surface area contributed by atoms with E-state index in [1.807, 2.05) is 81.6 Å². The van der Waals surface area contributed by atoms with Gasteiger partial charge in [-0.3, -0.25) is 9.59 Å². The molecule has 0 saturated carbocycles. The lowest BCUT2D eigenvalue weighted by molar-refractivity contribution is -0.154. The van der Waals surface area contributed by atoms with Crippen molar-refractivity contribution < 1.29 is 14.3 Å². The van der Waals surface area contributed by atoms with Gasteiger partial charge in [-0.05, 0) is 86.2 Å². The summed E-state index contributed by atoms with van der Waals surface area (Å²) in [7, 11) is 0. The molecule has 1 atom stereocenters. The molecule has 5 nitrogen and oxygen atoms in total. The number of hydrogen-bond acceptors (Lipinski definition) is 3. The van der Waals surface area contributed by atoms with Crippen molar-refractivity contribution in [2.45, 2.75) is 58.6 Å². The van der Waals surface area contributed by atoms with E-state index in [4.69, 9.17) is 4.74 Å². The topological polar surface area (TPSA) is 71.2 Å². The third-order valence-electron chi connectivity index (χ3n) is 6.20. The van der Waals surface area contributed by atoms with Gasteiger partial charge in [0.15, 0.2) is 0 Å². The van der Waals surface area contributed by atoms with Crippen LogP contribution in [-0.2, 0) is 27.2 Å². The number of aromatic amines is 1. The number of ether oxygens (including phenoxy) is 1. The van der Waals surface area contributed by atoms with E-state index < -0.39 is 5.60 Å². The van der Waals surface area contributed by atoms with Crippen LogP contribution < -0.4 is 5.32 Å². The number of fused-ring (bicyclic) bond motifs is 1. The zero-order valence-corrected chi connectivity index (χ0v) is 23.3. The Morgan fingerprint density at radius 3 is 2.49 bits per heavy atom. The Balaban J connectivity index is 1.50. The molecule has 4 aromatic rings. The number of esters is 1. The lowest BCUT2D eigenvalue weighted by Gasteiger charge is -2.22. The molecule has 0 radical (unpaired) electrons. The van der Waals surface area contributed by atoms with Gasteiger partial charge < -0.3 is 15.0 Å². The number of rotatable bonds is 8. The van der Waals surface area contributed by atoms with Gasteiger partial charge in [-0.1, -0.05) is 58.4 Å². The average molecular weight is 562 g/mol. The maximum Gasteiger partial charge on any atom is 0.306 e. The van der Waals surface area contributed by atoms with Crippen molar-refractivity contribution in [3.8, 4) is 0 Å². The normalized spacial score (nSPS) is 12.4. The van der Waals surface area contributed by atoms with Gasteiger partial charge in [0.05, 0.1) is 12.5 Å². The third kappa shape index (κ3) is 7.10. The van der Waals surface area contributed by atoms with Crippen LogP contribution in [0.3, 0.4) is 0 Å².